The molecule has 2 aromatic rings. The van der Waals surface area contributed by atoms with Gasteiger partial charge in [-0.2, -0.15) is 0 Å². The molecule has 1 aromatic carbocycles. The van der Waals surface area contributed by atoms with Crippen molar-refractivity contribution in [1.82, 2.24) is 0 Å². The van der Waals surface area contributed by atoms with Gasteiger partial charge in [0, 0.05) is 20.0 Å². The normalized spacial score (nSPS) is 10.6. The smallest absolute Gasteiger partial charge is 0.336 e. The van der Waals surface area contributed by atoms with Crippen molar-refractivity contribution in [3.8, 4) is 0 Å². The molecule has 0 spiro atoms. The Bertz CT molecular complexity index is 583. The first-order chi connectivity index (χ1) is 8.58. The average Bonchev–Trinajstić information content (AvgIpc) is 2.73. The topological polar surface area (TPSA) is 37.3 Å². The lowest BCUT2D eigenvalue weighted by molar-refractivity contribution is 0.0695. The molecular formula is C12H8BrClO2S2. The van der Waals surface area contributed by atoms with E-state index in [1.807, 2.05) is 17.5 Å². The predicted octanol–water partition coefficient (Wildman–Crippen LogP) is 5.15. The number of hydrogen-bond acceptors (Lipinski definition) is 3. The molecule has 1 heterocycles. The third-order valence-electron chi connectivity index (χ3n) is 2.23. The van der Waals surface area contributed by atoms with Crippen molar-refractivity contribution >= 4 is 56.6 Å². The van der Waals surface area contributed by atoms with Gasteiger partial charge in [0.05, 0.1) is 10.6 Å². The Morgan fingerprint density at radius 1 is 1.44 bits per heavy atom. The standard InChI is InChI=1S/C12H8BrClO2S2/c13-9-2-1-7(5-8(9)12(15)16)18-6-11-10(14)3-4-17-11/h1-5H,6H2,(H,15,16). The first-order valence-electron chi connectivity index (χ1n) is 4.95. The molecular weight excluding hydrogens is 356 g/mol. The first kappa shape index (κ1) is 13.9. The fraction of sp³-hybridized carbons (Fsp3) is 0.0833. The van der Waals surface area contributed by atoms with Crippen LogP contribution in [0.2, 0.25) is 5.02 Å². The first-order valence-corrected chi connectivity index (χ1v) is 7.99. The fourth-order valence-corrected chi connectivity index (χ4v) is 3.99. The van der Waals surface area contributed by atoms with Gasteiger partial charge in [0.1, 0.15) is 0 Å². The van der Waals surface area contributed by atoms with E-state index in [1.54, 1.807) is 35.2 Å². The summed E-state index contributed by atoms with van der Waals surface area (Å²) in [5, 5.41) is 11.7. The molecule has 0 saturated carbocycles. The van der Waals surface area contributed by atoms with Crippen molar-refractivity contribution in [2.24, 2.45) is 0 Å². The van der Waals surface area contributed by atoms with Gasteiger partial charge in [0.25, 0.3) is 0 Å². The molecule has 0 aliphatic heterocycles. The van der Waals surface area contributed by atoms with Gasteiger partial charge in [0.15, 0.2) is 0 Å². The van der Waals surface area contributed by atoms with Crippen LogP contribution in [-0.2, 0) is 5.75 Å². The number of thiophene rings is 1. The molecule has 1 aromatic heterocycles. The van der Waals surface area contributed by atoms with E-state index in [0.29, 0.717) is 4.47 Å². The van der Waals surface area contributed by atoms with E-state index in [-0.39, 0.29) is 5.56 Å². The van der Waals surface area contributed by atoms with Crippen LogP contribution in [-0.4, -0.2) is 11.1 Å². The SMILES string of the molecule is O=C(O)c1cc(SCc2sccc2Cl)ccc1Br. The predicted molar refractivity (Wildman–Crippen MR) is 80.0 cm³/mol. The maximum atomic E-state index is 11.0. The lowest BCUT2D eigenvalue weighted by atomic mass is 10.2. The number of carboxylic acid groups (broad SMARTS) is 1. The molecule has 0 unspecified atom stereocenters. The van der Waals surface area contributed by atoms with Crippen molar-refractivity contribution in [1.29, 1.82) is 0 Å². The summed E-state index contributed by atoms with van der Waals surface area (Å²) in [6.45, 7) is 0. The lowest BCUT2D eigenvalue weighted by Gasteiger charge is -2.04. The summed E-state index contributed by atoms with van der Waals surface area (Å²) >= 11 is 12.4. The maximum Gasteiger partial charge on any atom is 0.336 e. The zero-order valence-electron chi connectivity index (χ0n) is 9.02. The molecule has 0 atom stereocenters. The summed E-state index contributed by atoms with van der Waals surface area (Å²) in [5.41, 5.74) is 0.275. The molecule has 0 saturated heterocycles. The van der Waals surface area contributed by atoms with Crippen molar-refractivity contribution in [3.05, 3.63) is 49.6 Å². The minimum atomic E-state index is -0.932. The van der Waals surface area contributed by atoms with E-state index in [1.165, 1.54) is 0 Å². The van der Waals surface area contributed by atoms with Crippen LogP contribution < -0.4 is 0 Å². The monoisotopic (exact) mass is 362 g/mol. The van der Waals surface area contributed by atoms with Gasteiger partial charge in [-0.25, -0.2) is 4.79 Å². The number of thioether (sulfide) groups is 1. The van der Waals surface area contributed by atoms with Crippen molar-refractivity contribution in [3.63, 3.8) is 0 Å². The zero-order valence-corrected chi connectivity index (χ0v) is 13.0. The van der Waals surface area contributed by atoms with Gasteiger partial charge in [0.2, 0.25) is 0 Å². The van der Waals surface area contributed by atoms with Gasteiger partial charge in [-0.1, -0.05) is 11.6 Å². The van der Waals surface area contributed by atoms with Gasteiger partial charge in [-0.15, -0.1) is 23.1 Å². The summed E-state index contributed by atoms with van der Waals surface area (Å²) in [5.74, 6) is -0.185. The number of aromatic carboxylic acids is 1. The molecule has 1 N–H and O–H groups in total. The minimum Gasteiger partial charge on any atom is -0.478 e. The summed E-state index contributed by atoms with van der Waals surface area (Å²) in [4.78, 5) is 13.0. The molecule has 2 rings (SSSR count). The Labute approximate surface area is 126 Å². The van der Waals surface area contributed by atoms with Crippen LogP contribution in [0.15, 0.2) is 39.0 Å². The second-order valence-electron chi connectivity index (χ2n) is 3.43. The van der Waals surface area contributed by atoms with Gasteiger partial charge >= 0.3 is 5.97 Å². The number of hydrogen-bond donors (Lipinski definition) is 1. The zero-order chi connectivity index (χ0) is 13.1. The molecule has 0 aliphatic carbocycles. The number of benzene rings is 1. The average molecular weight is 364 g/mol. The highest BCUT2D eigenvalue weighted by Crippen LogP contribution is 2.32. The second-order valence-corrected chi connectivity index (χ2v) is 6.74. The molecule has 0 fully saturated rings. The van der Waals surface area contributed by atoms with Crippen molar-refractivity contribution in [2.75, 3.05) is 0 Å². The maximum absolute atomic E-state index is 11.0. The number of rotatable bonds is 4. The van der Waals surface area contributed by atoms with Gasteiger partial charge < -0.3 is 5.11 Å². The van der Waals surface area contributed by atoms with E-state index >= 15 is 0 Å². The highest BCUT2D eigenvalue weighted by molar-refractivity contribution is 9.10. The van der Waals surface area contributed by atoms with Crippen molar-refractivity contribution < 1.29 is 9.90 Å². The fourth-order valence-electron chi connectivity index (χ4n) is 1.34. The Hall–Kier alpha value is -0.490. The summed E-state index contributed by atoms with van der Waals surface area (Å²) in [6, 6.07) is 7.18. The molecule has 18 heavy (non-hydrogen) atoms. The van der Waals surface area contributed by atoms with Crippen LogP contribution in [0, 0.1) is 0 Å². The van der Waals surface area contributed by atoms with E-state index in [9.17, 15) is 4.79 Å². The molecule has 0 amide bonds. The van der Waals surface area contributed by atoms with Crippen LogP contribution in [0.1, 0.15) is 15.2 Å². The summed E-state index contributed by atoms with van der Waals surface area (Å²) in [6.07, 6.45) is 0. The molecule has 0 aliphatic rings. The molecule has 0 bridgehead atoms. The lowest BCUT2D eigenvalue weighted by Crippen LogP contribution is -1.97. The molecule has 94 valence electrons. The minimum absolute atomic E-state index is 0.275. The third-order valence-corrected chi connectivity index (χ3v) is 5.51. The van der Waals surface area contributed by atoms with Gasteiger partial charge in [-0.05, 0) is 45.6 Å². The summed E-state index contributed by atoms with van der Waals surface area (Å²) in [7, 11) is 0. The number of carbonyl (C=O) groups is 1. The largest absolute Gasteiger partial charge is 0.478 e. The highest BCUT2D eigenvalue weighted by atomic mass is 79.9. The third kappa shape index (κ3) is 3.29. The van der Waals surface area contributed by atoms with E-state index in [4.69, 9.17) is 16.7 Å². The van der Waals surface area contributed by atoms with Crippen LogP contribution >= 0.6 is 50.6 Å². The van der Waals surface area contributed by atoms with E-state index in [0.717, 1.165) is 20.5 Å². The van der Waals surface area contributed by atoms with Crippen LogP contribution in [0.3, 0.4) is 0 Å². The summed E-state index contributed by atoms with van der Waals surface area (Å²) < 4.78 is 0.591. The number of carboxylic acids is 1. The van der Waals surface area contributed by atoms with E-state index < -0.39 is 5.97 Å². The molecule has 0 radical (unpaired) electrons. The Kier molecular flexibility index (Phi) is 4.72. The van der Waals surface area contributed by atoms with Gasteiger partial charge in [-0.3, -0.25) is 0 Å². The van der Waals surface area contributed by atoms with Crippen LogP contribution in [0.25, 0.3) is 0 Å². The molecule has 6 heteroatoms. The number of halogens is 2. The highest BCUT2D eigenvalue weighted by Gasteiger charge is 2.10. The quantitative estimate of drug-likeness (QED) is 0.763. The van der Waals surface area contributed by atoms with E-state index in [2.05, 4.69) is 15.9 Å². The Balaban J connectivity index is 2.13. The van der Waals surface area contributed by atoms with Crippen LogP contribution in [0.5, 0.6) is 0 Å². The van der Waals surface area contributed by atoms with Crippen molar-refractivity contribution in [2.45, 2.75) is 10.6 Å². The molecule has 2 nitrogen and oxygen atoms in total. The Morgan fingerprint density at radius 2 is 2.22 bits per heavy atom. The second kappa shape index (κ2) is 6.10. The Morgan fingerprint density at radius 3 is 2.83 bits per heavy atom. The van der Waals surface area contributed by atoms with Crippen LogP contribution in [0.4, 0.5) is 0 Å².